The van der Waals surface area contributed by atoms with Crippen LogP contribution in [-0.2, 0) is 19.7 Å². The summed E-state index contributed by atoms with van der Waals surface area (Å²) in [6.07, 6.45) is 0.00560. The number of hydrogen-bond acceptors (Lipinski definition) is 5. The Labute approximate surface area is 125 Å². The van der Waals surface area contributed by atoms with E-state index < -0.39 is 16.2 Å². The Morgan fingerprint density at radius 3 is 2.52 bits per heavy atom. The standard InChI is InChI=1S/C13H21N3O4S/c1-15(2)12-7-5-6-11(10-12)14-21(18,19)16(3)9-8-13(17)20-4/h5-7,10,14H,8-9H2,1-4H3. The van der Waals surface area contributed by atoms with Crippen LogP contribution >= 0.6 is 0 Å². The Hall–Kier alpha value is -1.80. The van der Waals surface area contributed by atoms with Gasteiger partial charge in [0.25, 0.3) is 0 Å². The fraction of sp³-hybridized carbons (Fsp3) is 0.462. The second kappa shape index (κ2) is 7.28. The Kier molecular flexibility index (Phi) is 5.98. The summed E-state index contributed by atoms with van der Waals surface area (Å²) < 4.78 is 32.3. The van der Waals surface area contributed by atoms with Crippen molar-refractivity contribution >= 4 is 27.6 Å². The third kappa shape index (κ3) is 5.24. The van der Waals surface area contributed by atoms with Crippen molar-refractivity contribution in [3.63, 3.8) is 0 Å². The van der Waals surface area contributed by atoms with Crippen molar-refractivity contribution < 1.29 is 17.9 Å². The molecule has 0 bridgehead atoms. The highest BCUT2D eigenvalue weighted by atomic mass is 32.2. The fourth-order valence-electron chi connectivity index (χ4n) is 1.55. The first-order valence-corrected chi connectivity index (χ1v) is 7.78. The number of nitrogens with one attached hydrogen (secondary N) is 1. The number of carbonyl (C=O) groups excluding carboxylic acids is 1. The second-order valence-electron chi connectivity index (χ2n) is 4.70. The molecule has 21 heavy (non-hydrogen) atoms. The van der Waals surface area contributed by atoms with E-state index in [0.717, 1.165) is 9.99 Å². The van der Waals surface area contributed by atoms with Gasteiger partial charge in [-0.15, -0.1) is 0 Å². The first kappa shape index (κ1) is 17.3. The van der Waals surface area contributed by atoms with Crippen molar-refractivity contribution in [2.45, 2.75) is 6.42 Å². The number of benzene rings is 1. The van der Waals surface area contributed by atoms with Crippen LogP contribution in [0.3, 0.4) is 0 Å². The maximum Gasteiger partial charge on any atom is 0.306 e. The van der Waals surface area contributed by atoms with Gasteiger partial charge in [-0.1, -0.05) is 6.07 Å². The number of methoxy groups -OCH3 is 1. The van der Waals surface area contributed by atoms with Crippen LogP contribution in [0.15, 0.2) is 24.3 Å². The normalized spacial score (nSPS) is 11.3. The highest BCUT2D eigenvalue weighted by Gasteiger charge is 2.18. The third-order valence-corrected chi connectivity index (χ3v) is 4.38. The minimum atomic E-state index is -3.70. The van der Waals surface area contributed by atoms with Gasteiger partial charge in [-0.05, 0) is 18.2 Å². The average Bonchev–Trinajstić information content (AvgIpc) is 2.43. The molecule has 7 nitrogen and oxygen atoms in total. The van der Waals surface area contributed by atoms with E-state index in [1.165, 1.54) is 14.2 Å². The van der Waals surface area contributed by atoms with Crippen molar-refractivity contribution in [3.8, 4) is 0 Å². The average molecular weight is 315 g/mol. The van der Waals surface area contributed by atoms with Gasteiger partial charge in [-0.25, -0.2) is 0 Å². The predicted molar refractivity (Wildman–Crippen MR) is 82.6 cm³/mol. The number of nitrogens with zero attached hydrogens (tertiary/aromatic N) is 2. The molecule has 1 aromatic rings. The molecule has 118 valence electrons. The van der Waals surface area contributed by atoms with Gasteiger partial charge in [0, 0.05) is 33.4 Å². The number of ether oxygens (including phenoxy) is 1. The Morgan fingerprint density at radius 1 is 1.29 bits per heavy atom. The molecule has 0 spiro atoms. The fourth-order valence-corrected chi connectivity index (χ4v) is 2.46. The first-order valence-electron chi connectivity index (χ1n) is 6.34. The lowest BCUT2D eigenvalue weighted by atomic mass is 10.3. The van der Waals surface area contributed by atoms with Gasteiger partial charge in [0.1, 0.15) is 0 Å². The van der Waals surface area contributed by atoms with Crippen LogP contribution in [0.2, 0.25) is 0 Å². The summed E-state index contributed by atoms with van der Waals surface area (Å²) >= 11 is 0. The molecule has 0 aliphatic rings. The largest absolute Gasteiger partial charge is 0.469 e. The van der Waals surface area contributed by atoms with Crippen molar-refractivity contribution in [3.05, 3.63) is 24.3 Å². The van der Waals surface area contributed by atoms with Crippen molar-refractivity contribution in [1.29, 1.82) is 0 Å². The zero-order chi connectivity index (χ0) is 16.0. The first-order chi connectivity index (χ1) is 9.76. The molecule has 1 rings (SSSR count). The summed E-state index contributed by atoms with van der Waals surface area (Å²) in [6.45, 7) is 0.0510. The lowest BCUT2D eigenvalue weighted by Gasteiger charge is -2.19. The highest BCUT2D eigenvalue weighted by molar-refractivity contribution is 7.90. The minimum Gasteiger partial charge on any atom is -0.469 e. The van der Waals surface area contributed by atoms with Crippen molar-refractivity contribution in [2.75, 3.05) is 44.4 Å². The van der Waals surface area contributed by atoms with Crippen LogP contribution in [0.25, 0.3) is 0 Å². The lowest BCUT2D eigenvalue weighted by Crippen LogP contribution is -2.34. The number of anilines is 2. The molecule has 1 aromatic carbocycles. The van der Waals surface area contributed by atoms with Gasteiger partial charge in [0.2, 0.25) is 0 Å². The van der Waals surface area contributed by atoms with Crippen LogP contribution < -0.4 is 9.62 Å². The maximum atomic E-state index is 12.1. The molecule has 0 saturated heterocycles. The number of rotatable bonds is 7. The summed E-state index contributed by atoms with van der Waals surface area (Å²) in [7, 11) is 2.71. The summed E-state index contributed by atoms with van der Waals surface area (Å²) in [5, 5.41) is 0. The zero-order valence-electron chi connectivity index (χ0n) is 12.7. The second-order valence-corrected chi connectivity index (χ2v) is 6.48. The SMILES string of the molecule is COC(=O)CCN(C)S(=O)(=O)Nc1cccc(N(C)C)c1. The lowest BCUT2D eigenvalue weighted by molar-refractivity contribution is -0.140. The van der Waals surface area contributed by atoms with Gasteiger partial charge in [0.05, 0.1) is 19.2 Å². The minimum absolute atomic E-state index is 0.00560. The predicted octanol–water partition coefficient (Wildman–Crippen LogP) is 0.904. The summed E-state index contributed by atoms with van der Waals surface area (Å²) in [5.41, 5.74) is 1.35. The molecule has 0 aromatic heterocycles. The number of hydrogen-bond donors (Lipinski definition) is 1. The molecule has 0 fully saturated rings. The molecular formula is C13H21N3O4S. The van der Waals surface area contributed by atoms with E-state index in [4.69, 9.17) is 0 Å². The number of esters is 1. The molecule has 0 radical (unpaired) electrons. The Morgan fingerprint density at radius 2 is 1.95 bits per heavy atom. The van der Waals surface area contributed by atoms with E-state index in [1.807, 2.05) is 25.1 Å². The van der Waals surface area contributed by atoms with E-state index >= 15 is 0 Å². The molecule has 0 amide bonds. The molecule has 8 heteroatoms. The Balaban J connectivity index is 2.75. The summed E-state index contributed by atoms with van der Waals surface area (Å²) in [4.78, 5) is 12.9. The third-order valence-electron chi connectivity index (χ3n) is 2.88. The molecule has 0 heterocycles. The van der Waals surface area contributed by atoms with E-state index in [-0.39, 0.29) is 13.0 Å². The highest BCUT2D eigenvalue weighted by Crippen LogP contribution is 2.18. The van der Waals surface area contributed by atoms with E-state index in [2.05, 4.69) is 9.46 Å². The van der Waals surface area contributed by atoms with Crippen molar-refractivity contribution in [1.82, 2.24) is 4.31 Å². The Bertz CT molecular complexity index is 587. The maximum absolute atomic E-state index is 12.1. The quantitative estimate of drug-likeness (QED) is 0.757. The van der Waals surface area contributed by atoms with Gasteiger partial charge in [-0.2, -0.15) is 12.7 Å². The van der Waals surface area contributed by atoms with Gasteiger partial charge >= 0.3 is 16.2 Å². The molecule has 1 N–H and O–H groups in total. The topological polar surface area (TPSA) is 78.9 Å². The van der Waals surface area contributed by atoms with Crippen LogP contribution in [-0.4, -0.2) is 53.5 Å². The van der Waals surface area contributed by atoms with E-state index in [0.29, 0.717) is 5.69 Å². The zero-order valence-corrected chi connectivity index (χ0v) is 13.5. The molecular weight excluding hydrogens is 294 g/mol. The van der Waals surface area contributed by atoms with Gasteiger partial charge in [-0.3, -0.25) is 9.52 Å². The summed E-state index contributed by atoms with van der Waals surface area (Å²) in [6, 6.07) is 7.03. The molecule has 0 aliphatic carbocycles. The smallest absolute Gasteiger partial charge is 0.306 e. The molecule has 0 unspecified atom stereocenters. The summed E-state index contributed by atoms with van der Waals surface area (Å²) in [5.74, 6) is -0.452. The van der Waals surface area contributed by atoms with Crippen molar-refractivity contribution in [2.24, 2.45) is 0 Å². The van der Waals surface area contributed by atoms with Crippen LogP contribution in [0, 0.1) is 0 Å². The van der Waals surface area contributed by atoms with E-state index in [9.17, 15) is 13.2 Å². The molecule has 0 saturated carbocycles. The van der Waals surface area contributed by atoms with E-state index in [1.54, 1.807) is 18.2 Å². The van der Waals surface area contributed by atoms with Gasteiger partial charge < -0.3 is 9.64 Å². The van der Waals surface area contributed by atoms with Gasteiger partial charge in [0.15, 0.2) is 0 Å². The molecule has 0 aliphatic heterocycles. The van der Waals surface area contributed by atoms with Crippen LogP contribution in [0.4, 0.5) is 11.4 Å². The van der Waals surface area contributed by atoms with Crippen LogP contribution in [0.1, 0.15) is 6.42 Å². The van der Waals surface area contributed by atoms with Crippen LogP contribution in [0.5, 0.6) is 0 Å². The number of carbonyl (C=O) groups is 1. The molecule has 0 atom stereocenters. The monoisotopic (exact) mass is 315 g/mol.